The molecule has 156 valence electrons. The summed E-state index contributed by atoms with van der Waals surface area (Å²) >= 11 is 0. The van der Waals surface area contributed by atoms with E-state index in [4.69, 9.17) is 0 Å². The molecule has 8 heteroatoms. The summed E-state index contributed by atoms with van der Waals surface area (Å²) < 4.78 is 40.9. The third-order valence-corrected chi connectivity index (χ3v) is 7.12. The largest absolute Gasteiger partial charge is 0.338 e. The second kappa shape index (κ2) is 8.92. The number of benzene rings is 2. The van der Waals surface area contributed by atoms with Crippen molar-refractivity contribution in [1.29, 1.82) is 0 Å². The van der Waals surface area contributed by atoms with E-state index in [-0.39, 0.29) is 16.8 Å². The zero-order chi connectivity index (χ0) is 21.0. The number of urea groups is 1. The number of hydrogen-bond acceptors (Lipinski definition) is 3. The first-order valence-electron chi connectivity index (χ1n) is 9.63. The maximum Gasteiger partial charge on any atom is 0.319 e. The van der Waals surface area contributed by atoms with E-state index in [9.17, 15) is 17.6 Å². The van der Waals surface area contributed by atoms with Crippen molar-refractivity contribution >= 4 is 21.7 Å². The number of rotatable bonds is 5. The van der Waals surface area contributed by atoms with Gasteiger partial charge in [-0.15, -0.1) is 0 Å². The summed E-state index contributed by atoms with van der Waals surface area (Å²) in [6.07, 6.45) is 1.51. The quantitative estimate of drug-likeness (QED) is 0.776. The number of anilines is 1. The summed E-state index contributed by atoms with van der Waals surface area (Å²) in [6, 6.07) is 10.9. The Hall–Kier alpha value is -2.45. The molecule has 1 aliphatic heterocycles. The summed E-state index contributed by atoms with van der Waals surface area (Å²) in [5, 5.41) is 5.58. The van der Waals surface area contributed by atoms with Gasteiger partial charge in [-0.05, 0) is 62.4 Å². The van der Waals surface area contributed by atoms with Gasteiger partial charge in [0.05, 0.1) is 4.90 Å². The molecule has 1 atom stereocenters. The van der Waals surface area contributed by atoms with Crippen LogP contribution in [0.3, 0.4) is 0 Å². The molecule has 2 amide bonds. The van der Waals surface area contributed by atoms with Crippen LogP contribution >= 0.6 is 0 Å². The lowest BCUT2D eigenvalue weighted by molar-refractivity contribution is 0.238. The highest BCUT2D eigenvalue weighted by Crippen LogP contribution is 2.26. The van der Waals surface area contributed by atoms with Gasteiger partial charge < -0.3 is 10.6 Å². The molecule has 29 heavy (non-hydrogen) atoms. The van der Waals surface area contributed by atoms with Crippen molar-refractivity contribution < 1.29 is 17.6 Å². The molecule has 0 radical (unpaired) electrons. The molecule has 0 bridgehead atoms. The van der Waals surface area contributed by atoms with Crippen molar-refractivity contribution in [3.63, 3.8) is 0 Å². The number of halogens is 1. The minimum Gasteiger partial charge on any atom is -0.338 e. The molecule has 0 aliphatic carbocycles. The average molecular weight is 420 g/mol. The second-order valence-corrected chi connectivity index (χ2v) is 9.39. The molecule has 6 nitrogen and oxygen atoms in total. The SMILES string of the molecule is Cc1ccc(NC(=O)NCC2CCCN(S(=O)(=O)c3cc(F)ccc3C)C2)cc1. The zero-order valence-electron chi connectivity index (χ0n) is 16.6. The lowest BCUT2D eigenvalue weighted by atomic mass is 10.00. The predicted molar refractivity (Wildman–Crippen MR) is 111 cm³/mol. The first-order valence-corrected chi connectivity index (χ1v) is 11.1. The van der Waals surface area contributed by atoms with Gasteiger partial charge in [0, 0.05) is 25.3 Å². The minimum absolute atomic E-state index is 0.00298. The number of sulfonamides is 1. The van der Waals surface area contributed by atoms with Crippen molar-refractivity contribution in [2.45, 2.75) is 31.6 Å². The maximum atomic E-state index is 13.6. The van der Waals surface area contributed by atoms with Crippen LogP contribution in [0.2, 0.25) is 0 Å². The molecule has 0 spiro atoms. The summed E-state index contributed by atoms with van der Waals surface area (Å²) in [4.78, 5) is 12.1. The van der Waals surface area contributed by atoms with Gasteiger partial charge in [-0.2, -0.15) is 4.31 Å². The van der Waals surface area contributed by atoms with Crippen molar-refractivity contribution in [1.82, 2.24) is 9.62 Å². The molecule has 0 saturated carbocycles. The average Bonchev–Trinajstić information content (AvgIpc) is 2.70. The number of amides is 2. The maximum absolute atomic E-state index is 13.6. The van der Waals surface area contributed by atoms with Crippen LogP contribution in [0.1, 0.15) is 24.0 Å². The van der Waals surface area contributed by atoms with Crippen molar-refractivity contribution in [2.75, 3.05) is 25.0 Å². The van der Waals surface area contributed by atoms with Crippen LogP contribution in [0.25, 0.3) is 0 Å². The monoisotopic (exact) mass is 419 g/mol. The van der Waals surface area contributed by atoms with Gasteiger partial charge >= 0.3 is 6.03 Å². The van der Waals surface area contributed by atoms with Crippen LogP contribution in [0.4, 0.5) is 14.9 Å². The highest BCUT2D eigenvalue weighted by molar-refractivity contribution is 7.89. The van der Waals surface area contributed by atoms with E-state index in [0.717, 1.165) is 18.1 Å². The first-order chi connectivity index (χ1) is 13.8. The highest BCUT2D eigenvalue weighted by Gasteiger charge is 2.31. The predicted octanol–water partition coefficient (Wildman–Crippen LogP) is 3.66. The molecule has 1 aliphatic rings. The lowest BCUT2D eigenvalue weighted by Gasteiger charge is -2.32. The Morgan fingerprint density at radius 1 is 1.17 bits per heavy atom. The fourth-order valence-electron chi connectivity index (χ4n) is 3.45. The van der Waals surface area contributed by atoms with Crippen molar-refractivity contribution in [2.24, 2.45) is 5.92 Å². The van der Waals surface area contributed by atoms with E-state index in [2.05, 4.69) is 10.6 Å². The van der Waals surface area contributed by atoms with Gasteiger partial charge in [0.25, 0.3) is 0 Å². The van der Waals surface area contributed by atoms with Gasteiger partial charge in [0.2, 0.25) is 10.0 Å². The molecule has 1 fully saturated rings. The molecule has 2 aromatic carbocycles. The summed E-state index contributed by atoms with van der Waals surface area (Å²) in [5.74, 6) is -0.576. The molecule has 0 aromatic heterocycles. The van der Waals surface area contributed by atoms with Gasteiger partial charge in [0.15, 0.2) is 0 Å². The molecule has 3 rings (SSSR count). The number of carbonyl (C=O) groups is 1. The standard InChI is InChI=1S/C21H26FN3O3S/c1-15-5-9-19(10-6-15)24-21(26)23-13-17-4-3-11-25(14-17)29(27,28)20-12-18(22)8-7-16(20)2/h5-10,12,17H,3-4,11,13-14H2,1-2H3,(H2,23,24,26). The number of nitrogens with zero attached hydrogens (tertiary/aromatic N) is 1. The molecule has 1 unspecified atom stereocenters. The van der Waals surface area contributed by atoms with E-state index < -0.39 is 15.8 Å². The Kier molecular flexibility index (Phi) is 6.54. The lowest BCUT2D eigenvalue weighted by Crippen LogP contribution is -2.44. The highest BCUT2D eigenvalue weighted by atomic mass is 32.2. The van der Waals surface area contributed by atoms with Crippen LogP contribution < -0.4 is 10.6 Å². The Balaban J connectivity index is 1.59. The third kappa shape index (κ3) is 5.33. The smallest absolute Gasteiger partial charge is 0.319 e. The molecular weight excluding hydrogens is 393 g/mol. The Morgan fingerprint density at radius 2 is 1.90 bits per heavy atom. The third-order valence-electron chi connectivity index (χ3n) is 5.11. The molecular formula is C21H26FN3O3S. The van der Waals surface area contributed by atoms with Crippen LogP contribution in [0.15, 0.2) is 47.4 Å². The summed E-state index contributed by atoms with van der Waals surface area (Å²) in [7, 11) is -3.77. The topological polar surface area (TPSA) is 78.5 Å². The van der Waals surface area contributed by atoms with Gasteiger partial charge in [-0.1, -0.05) is 23.8 Å². The Labute approximate surface area is 171 Å². The van der Waals surface area contributed by atoms with Gasteiger partial charge in [-0.3, -0.25) is 0 Å². The summed E-state index contributed by atoms with van der Waals surface area (Å²) in [5.41, 5.74) is 2.32. The second-order valence-electron chi connectivity index (χ2n) is 7.48. The molecule has 2 N–H and O–H groups in total. The number of piperidine rings is 1. The molecule has 1 saturated heterocycles. The first kappa shape index (κ1) is 21.3. The minimum atomic E-state index is -3.77. The number of nitrogens with one attached hydrogen (secondary N) is 2. The fourth-order valence-corrected chi connectivity index (χ4v) is 5.24. The Bertz CT molecular complexity index is 977. The van der Waals surface area contributed by atoms with Crippen molar-refractivity contribution in [3.05, 3.63) is 59.4 Å². The van der Waals surface area contributed by atoms with Crippen LogP contribution in [-0.4, -0.2) is 38.4 Å². The zero-order valence-corrected chi connectivity index (χ0v) is 17.4. The van der Waals surface area contributed by atoms with Crippen LogP contribution in [0, 0.1) is 25.6 Å². The number of hydrogen-bond donors (Lipinski definition) is 2. The fraction of sp³-hybridized carbons (Fsp3) is 0.381. The van der Waals surface area contributed by atoms with Crippen molar-refractivity contribution in [3.8, 4) is 0 Å². The van der Waals surface area contributed by atoms with Crippen LogP contribution in [-0.2, 0) is 10.0 Å². The van der Waals surface area contributed by atoms with Gasteiger partial charge in [-0.25, -0.2) is 17.6 Å². The molecule has 1 heterocycles. The number of carbonyl (C=O) groups excluding carboxylic acids is 1. The normalized spacial score (nSPS) is 17.7. The number of aryl methyl sites for hydroxylation is 2. The van der Waals surface area contributed by atoms with E-state index in [1.807, 2.05) is 31.2 Å². The summed E-state index contributed by atoms with van der Waals surface area (Å²) in [6.45, 7) is 4.68. The van der Waals surface area contributed by atoms with Gasteiger partial charge in [0.1, 0.15) is 5.82 Å². The van der Waals surface area contributed by atoms with Crippen LogP contribution in [0.5, 0.6) is 0 Å². The van der Waals surface area contributed by atoms with E-state index in [0.29, 0.717) is 37.3 Å². The van der Waals surface area contributed by atoms with E-state index in [1.165, 1.54) is 16.4 Å². The van der Waals surface area contributed by atoms with E-state index >= 15 is 0 Å². The molecule has 2 aromatic rings. The van der Waals surface area contributed by atoms with E-state index in [1.54, 1.807) is 6.92 Å². The Morgan fingerprint density at radius 3 is 2.62 bits per heavy atom.